The molecule has 38 valence electrons. The molecule has 0 aromatic heterocycles. The molecule has 0 aliphatic carbocycles. The maximum Gasteiger partial charge on any atom is 0.303 e. The van der Waals surface area contributed by atoms with Crippen LogP contribution in [0.5, 0.6) is 0 Å². The van der Waals surface area contributed by atoms with Crippen molar-refractivity contribution in [2.24, 2.45) is 0 Å². The monoisotopic (exact) mass is 178 g/mol. The lowest BCUT2D eigenvalue weighted by Gasteiger charge is -2.06. The summed E-state index contributed by atoms with van der Waals surface area (Å²) in [6, 6.07) is 0. The molecule has 0 saturated heterocycles. The standard InChI is InChI=1S/BrClO4/c1-6-2(3,4)5. The van der Waals surface area contributed by atoms with Gasteiger partial charge >= 0.3 is 16.3 Å². The van der Waals surface area contributed by atoms with Gasteiger partial charge in [0.15, 0.2) is 0 Å². The van der Waals surface area contributed by atoms with Crippen molar-refractivity contribution in [1.82, 2.24) is 0 Å². The second-order valence-corrected chi connectivity index (χ2v) is 2.04. The van der Waals surface area contributed by atoms with Gasteiger partial charge in [0.1, 0.15) is 3.38 Å². The van der Waals surface area contributed by atoms with Crippen LogP contribution < -0.4 is 14.0 Å². The second-order valence-electron chi connectivity index (χ2n) is 0.436. The molecule has 0 amide bonds. The van der Waals surface area contributed by atoms with Crippen LogP contribution in [-0.2, 0) is 3.38 Å². The predicted molar refractivity (Wildman–Crippen MR) is 10.0 cm³/mol. The minimum Gasteiger partial charge on any atom is -0.182 e. The van der Waals surface area contributed by atoms with Gasteiger partial charge in [0, 0.05) is 0 Å². The Morgan fingerprint density at radius 1 is 1.33 bits per heavy atom. The zero-order valence-electron chi connectivity index (χ0n) is 2.39. The van der Waals surface area contributed by atoms with E-state index in [1.807, 2.05) is 16.3 Å². The fourth-order valence-corrected chi connectivity index (χ4v) is 0. The van der Waals surface area contributed by atoms with E-state index in [1.165, 1.54) is 0 Å². The SMILES string of the molecule is [O-][Cl+3]([O-])([O-])OBr. The summed E-state index contributed by atoms with van der Waals surface area (Å²) in [7, 11) is -4.26. The summed E-state index contributed by atoms with van der Waals surface area (Å²) in [6.45, 7) is 0. The highest BCUT2D eigenvalue weighted by Gasteiger charge is 2.11. The molecule has 0 aromatic carbocycles. The van der Waals surface area contributed by atoms with Crippen molar-refractivity contribution in [3.63, 3.8) is 0 Å². The molecule has 6 heavy (non-hydrogen) atoms. The van der Waals surface area contributed by atoms with Crippen LogP contribution in [0, 0.1) is 10.2 Å². The number of hydrogen-bond acceptors (Lipinski definition) is 4. The van der Waals surface area contributed by atoms with Crippen LogP contribution >= 0.6 is 16.3 Å². The highest BCUT2D eigenvalue weighted by Crippen LogP contribution is 1.92. The molecule has 0 N–H and O–H groups in total. The molecular weight excluding hydrogens is 179 g/mol. The molecule has 0 fully saturated rings. The van der Waals surface area contributed by atoms with Gasteiger partial charge in [-0.05, 0) is 0 Å². The molecule has 0 radical (unpaired) electrons. The topological polar surface area (TPSA) is 78.4 Å². The highest BCUT2D eigenvalue weighted by molar-refractivity contribution is 9.05. The first-order valence-electron chi connectivity index (χ1n) is 0.772. The smallest absolute Gasteiger partial charge is 0.182 e. The van der Waals surface area contributed by atoms with Gasteiger partial charge in [-0.25, -0.2) is 0 Å². The van der Waals surface area contributed by atoms with E-state index in [9.17, 15) is 0 Å². The minimum absolute atomic E-state index is 1.96. The zero-order chi connectivity index (χ0) is 5.21. The van der Waals surface area contributed by atoms with Gasteiger partial charge in [-0.15, -0.1) is 0 Å². The lowest BCUT2D eigenvalue weighted by molar-refractivity contribution is -1.91. The van der Waals surface area contributed by atoms with Crippen LogP contribution in [0.4, 0.5) is 0 Å². The summed E-state index contributed by atoms with van der Waals surface area (Å²) in [5.74, 6) is 0. The van der Waals surface area contributed by atoms with Gasteiger partial charge in [-0.1, -0.05) is 0 Å². The molecule has 4 nitrogen and oxygen atoms in total. The lowest BCUT2D eigenvalue weighted by Crippen LogP contribution is -2.59. The average Bonchev–Trinajstić information content (AvgIpc) is 1.35. The molecule has 0 unspecified atom stereocenters. The van der Waals surface area contributed by atoms with Crippen LogP contribution in [-0.4, -0.2) is 0 Å². The largest absolute Gasteiger partial charge is 0.303 e. The minimum atomic E-state index is -4.26. The fourth-order valence-electron chi connectivity index (χ4n) is 0. The van der Waals surface area contributed by atoms with Gasteiger partial charge in [0.25, 0.3) is 0 Å². The van der Waals surface area contributed by atoms with E-state index in [1.54, 1.807) is 0 Å². The van der Waals surface area contributed by atoms with E-state index in [-0.39, 0.29) is 0 Å². The normalized spacial score (nSPS) is 12.0. The van der Waals surface area contributed by atoms with Gasteiger partial charge in [-0.3, -0.25) is 0 Å². The Hall–Kier alpha value is 0.610. The maximum absolute atomic E-state index is 9.15. The number of hydrogen-bond donors (Lipinski definition) is 0. The Morgan fingerprint density at radius 3 is 1.50 bits per heavy atom. The molecule has 0 aliphatic rings. The van der Waals surface area contributed by atoms with Crippen LogP contribution in [0.3, 0.4) is 0 Å². The van der Waals surface area contributed by atoms with Crippen LogP contribution in [0.15, 0.2) is 0 Å². The maximum atomic E-state index is 9.15. The first-order chi connectivity index (χ1) is 2.56. The molecule has 0 aliphatic heterocycles. The van der Waals surface area contributed by atoms with Gasteiger partial charge in [0.05, 0.1) is 10.2 Å². The zero-order valence-corrected chi connectivity index (χ0v) is 4.73. The van der Waals surface area contributed by atoms with Gasteiger partial charge in [0.2, 0.25) is 0 Å². The van der Waals surface area contributed by atoms with Crippen molar-refractivity contribution in [3.05, 3.63) is 0 Å². The molecule has 0 bridgehead atoms. The molecule has 0 atom stereocenters. The Morgan fingerprint density at radius 2 is 1.50 bits per heavy atom. The average molecular weight is 179 g/mol. The number of rotatable bonds is 1. The summed E-state index contributed by atoms with van der Waals surface area (Å²) >= 11 is 1.96. The molecule has 0 heterocycles. The third-order valence-electron chi connectivity index (χ3n) is 0.0714. The Labute approximate surface area is 44.5 Å². The molecule has 6 heteroatoms. The predicted octanol–water partition coefficient (Wildman–Crippen LogP) is -2.79. The van der Waals surface area contributed by atoms with Crippen LogP contribution in [0.2, 0.25) is 0 Å². The summed E-state index contributed by atoms with van der Waals surface area (Å²) in [5, 5.41) is 0. The summed E-state index contributed by atoms with van der Waals surface area (Å²) in [4.78, 5) is 0. The van der Waals surface area contributed by atoms with Crippen molar-refractivity contribution in [1.29, 1.82) is 0 Å². The lowest BCUT2D eigenvalue weighted by atomic mass is 15.8. The molecule has 0 rings (SSSR count). The van der Waals surface area contributed by atoms with E-state index in [0.29, 0.717) is 0 Å². The quantitative estimate of drug-likeness (QED) is 0.436. The van der Waals surface area contributed by atoms with E-state index < -0.39 is 10.2 Å². The highest BCUT2D eigenvalue weighted by atomic mass is 79.9. The van der Waals surface area contributed by atoms with Crippen LogP contribution in [0.25, 0.3) is 0 Å². The van der Waals surface area contributed by atoms with E-state index >= 15 is 0 Å². The Kier molecular flexibility index (Phi) is 2.27. The summed E-state index contributed by atoms with van der Waals surface area (Å²) in [5.41, 5.74) is 0. The van der Waals surface area contributed by atoms with Crippen molar-refractivity contribution in [3.8, 4) is 0 Å². The fraction of sp³-hybridized carbons (Fsp3) is 0. The molecule has 0 spiro atoms. The molecule has 0 saturated carbocycles. The summed E-state index contributed by atoms with van der Waals surface area (Å²) < 4.78 is 30.6. The van der Waals surface area contributed by atoms with E-state index in [2.05, 4.69) is 3.38 Å². The first-order valence-corrected chi connectivity index (χ1v) is 2.65. The van der Waals surface area contributed by atoms with Crippen molar-refractivity contribution < 1.29 is 27.6 Å². The first kappa shape index (κ1) is 6.61. The summed E-state index contributed by atoms with van der Waals surface area (Å²) in [6.07, 6.45) is 0. The van der Waals surface area contributed by atoms with Gasteiger partial charge < -0.3 is 0 Å². The molecular formula is BrClO4. The third-order valence-corrected chi connectivity index (χ3v) is 1.11. The number of halogens is 2. The Bertz CT molecular complexity index is 37.3. The third kappa shape index (κ3) is 4.61. The Balaban J connectivity index is 3.17. The van der Waals surface area contributed by atoms with E-state index in [0.717, 1.165) is 0 Å². The van der Waals surface area contributed by atoms with Crippen molar-refractivity contribution >= 4 is 16.3 Å². The van der Waals surface area contributed by atoms with E-state index in [4.69, 9.17) is 14.0 Å². The van der Waals surface area contributed by atoms with Gasteiger partial charge in [-0.2, -0.15) is 14.0 Å². The van der Waals surface area contributed by atoms with Crippen molar-refractivity contribution in [2.45, 2.75) is 0 Å². The van der Waals surface area contributed by atoms with Crippen LogP contribution in [0.1, 0.15) is 0 Å². The second kappa shape index (κ2) is 2.06. The molecule has 0 aromatic rings. The van der Waals surface area contributed by atoms with Crippen molar-refractivity contribution in [2.75, 3.05) is 0 Å².